The molecule has 1 aliphatic rings. The summed E-state index contributed by atoms with van der Waals surface area (Å²) in [6.07, 6.45) is 7.61. The van der Waals surface area contributed by atoms with Crippen molar-refractivity contribution in [2.45, 2.75) is 0 Å². The Hall–Kier alpha value is -4.10. The topological polar surface area (TPSA) is 64.0 Å². The molecule has 1 fully saturated rings. The van der Waals surface area contributed by atoms with Crippen LogP contribution in [0.2, 0.25) is 0 Å². The van der Waals surface area contributed by atoms with Gasteiger partial charge in [0.1, 0.15) is 5.70 Å². The molecular weight excluding hydrogens is 454 g/mol. The Kier molecular flexibility index (Phi) is 8.36. The van der Waals surface area contributed by atoms with Crippen LogP contribution in [0.1, 0.15) is 11.1 Å². The lowest BCUT2D eigenvalue weighted by Gasteiger charge is -2.34. The van der Waals surface area contributed by atoms with E-state index in [0.717, 1.165) is 25.2 Å². The molecule has 2 aromatic carbocycles. The molecule has 3 aromatic rings. The van der Waals surface area contributed by atoms with Gasteiger partial charge in [0.25, 0.3) is 11.5 Å². The van der Waals surface area contributed by atoms with E-state index >= 15 is 0 Å². The second-order valence-electron chi connectivity index (χ2n) is 8.46. The number of benzene rings is 2. The molecule has 0 saturated carbocycles. The number of hydrogen-bond acceptors (Lipinski definition) is 5. The van der Waals surface area contributed by atoms with Crippen LogP contribution < -0.4 is 15.0 Å². The molecule has 7 nitrogen and oxygen atoms in total. The van der Waals surface area contributed by atoms with Crippen molar-refractivity contribution in [3.8, 4) is 11.5 Å². The van der Waals surface area contributed by atoms with Crippen molar-refractivity contribution in [1.29, 1.82) is 0 Å². The number of carbonyl (C=O) groups excluding carboxylic acids is 1. The highest BCUT2D eigenvalue weighted by molar-refractivity contribution is 6.18. The smallest absolute Gasteiger partial charge is 0.271 e. The number of hydrogen-bond donors (Lipinski definition) is 0. The average Bonchev–Trinajstić information content (AvgIpc) is 2.92. The first kappa shape index (κ1) is 25.0. The summed E-state index contributed by atoms with van der Waals surface area (Å²) in [7, 11) is 3.14. The quantitative estimate of drug-likeness (QED) is 0.455. The monoisotopic (exact) mass is 485 g/mol. The Morgan fingerprint density at radius 1 is 0.861 bits per heavy atom. The van der Waals surface area contributed by atoms with Crippen molar-refractivity contribution in [1.82, 2.24) is 14.4 Å². The van der Waals surface area contributed by atoms with Crippen LogP contribution in [0.25, 0.3) is 17.8 Å². The van der Waals surface area contributed by atoms with Gasteiger partial charge in [0.2, 0.25) is 0 Å². The van der Waals surface area contributed by atoms with E-state index in [9.17, 15) is 9.59 Å². The van der Waals surface area contributed by atoms with E-state index in [0.29, 0.717) is 30.3 Å². The maximum absolute atomic E-state index is 13.6. The van der Waals surface area contributed by atoms with Gasteiger partial charge in [-0.05, 0) is 35.4 Å². The first-order valence-electron chi connectivity index (χ1n) is 11.9. The molecule has 36 heavy (non-hydrogen) atoms. The molecule has 0 unspecified atom stereocenters. The summed E-state index contributed by atoms with van der Waals surface area (Å²) in [5.41, 5.74) is 1.94. The van der Waals surface area contributed by atoms with Crippen LogP contribution >= 0.6 is 0 Å². The average molecular weight is 486 g/mol. The van der Waals surface area contributed by atoms with E-state index in [-0.39, 0.29) is 11.5 Å². The molecule has 1 saturated heterocycles. The van der Waals surface area contributed by atoms with Crippen molar-refractivity contribution >= 4 is 23.8 Å². The van der Waals surface area contributed by atoms with E-state index < -0.39 is 0 Å². The third kappa shape index (κ3) is 6.12. The number of rotatable bonds is 8. The number of ether oxygens (including phenoxy) is 2. The zero-order chi connectivity index (χ0) is 25.3. The fraction of sp³-hybridized carbons (Fsp3) is 0.241. The van der Waals surface area contributed by atoms with Gasteiger partial charge in [0.15, 0.2) is 11.5 Å². The highest BCUT2D eigenvalue weighted by Crippen LogP contribution is 2.29. The maximum atomic E-state index is 13.6. The van der Waals surface area contributed by atoms with Gasteiger partial charge in [-0.25, -0.2) is 0 Å². The van der Waals surface area contributed by atoms with Crippen LogP contribution in [0, 0.1) is 0 Å². The Bertz CT molecular complexity index is 1290. The lowest BCUT2D eigenvalue weighted by Crippen LogP contribution is -2.49. The molecule has 0 atom stereocenters. The van der Waals surface area contributed by atoms with Gasteiger partial charge in [0, 0.05) is 45.0 Å². The lowest BCUT2D eigenvalue weighted by molar-refractivity contribution is -0.127. The summed E-state index contributed by atoms with van der Waals surface area (Å²) < 4.78 is 12.1. The third-order valence-electron chi connectivity index (χ3n) is 6.15. The summed E-state index contributed by atoms with van der Waals surface area (Å²) in [5, 5.41) is 0. The normalized spacial score (nSPS) is 14.7. The molecule has 1 amide bonds. The first-order chi connectivity index (χ1) is 17.6. The molecular formula is C29H31N3O4. The van der Waals surface area contributed by atoms with Gasteiger partial charge >= 0.3 is 0 Å². The maximum Gasteiger partial charge on any atom is 0.271 e. The van der Waals surface area contributed by atoms with Crippen LogP contribution in [-0.2, 0) is 4.79 Å². The van der Waals surface area contributed by atoms with Gasteiger partial charge in [-0.3, -0.25) is 19.1 Å². The largest absolute Gasteiger partial charge is 0.493 e. The van der Waals surface area contributed by atoms with Crippen LogP contribution in [0.5, 0.6) is 11.5 Å². The second kappa shape index (κ2) is 12.0. The zero-order valence-electron chi connectivity index (χ0n) is 20.7. The predicted octanol–water partition coefficient (Wildman–Crippen LogP) is 3.72. The summed E-state index contributed by atoms with van der Waals surface area (Å²) in [4.78, 5) is 30.4. The number of carbonyl (C=O) groups is 1. The molecule has 1 aromatic heterocycles. The van der Waals surface area contributed by atoms with Crippen LogP contribution in [0.4, 0.5) is 0 Å². The van der Waals surface area contributed by atoms with E-state index in [2.05, 4.69) is 29.2 Å². The van der Waals surface area contributed by atoms with Crippen molar-refractivity contribution in [3.05, 3.63) is 100 Å². The molecule has 0 bridgehead atoms. The molecule has 1 aliphatic heterocycles. The minimum absolute atomic E-state index is 0.183. The number of piperazine rings is 1. The highest BCUT2D eigenvalue weighted by Gasteiger charge is 2.24. The fourth-order valence-corrected chi connectivity index (χ4v) is 4.16. The Labute approximate surface area is 211 Å². The summed E-state index contributed by atoms with van der Waals surface area (Å²) in [5.74, 6) is 0.963. The lowest BCUT2D eigenvalue weighted by atomic mass is 10.1. The van der Waals surface area contributed by atoms with Gasteiger partial charge in [0.05, 0.1) is 14.2 Å². The number of nitrogens with zero attached hydrogens (tertiary/aromatic N) is 3. The Morgan fingerprint density at radius 3 is 2.28 bits per heavy atom. The molecule has 0 radical (unpaired) electrons. The molecule has 186 valence electrons. The SMILES string of the molecule is COc1ccc(/C=C(\C(=O)N2CCN(C/C=C/c3ccccc3)CC2)n2ccccc2=O)cc1OC. The van der Waals surface area contributed by atoms with E-state index in [1.54, 1.807) is 50.8 Å². The summed E-state index contributed by atoms with van der Waals surface area (Å²) in [6, 6.07) is 20.5. The van der Waals surface area contributed by atoms with Gasteiger partial charge in [-0.15, -0.1) is 0 Å². The van der Waals surface area contributed by atoms with E-state index in [4.69, 9.17) is 9.47 Å². The van der Waals surface area contributed by atoms with E-state index in [1.807, 2.05) is 29.2 Å². The number of amides is 1. The van der Waals surface area contributed by atoms with Crippen molar-refractivity contribution in [2.75, 3.05) is 46.9 Å². The molecule has 7 heteroatoms. The van der Waals surface area contributed by atoms with Crippen molar-refractivity contribution in [3.63, 3.8) is 0 Å². The number of methoxy groups -OCH3 is 2. The number of aromatic nitrogens is 1. The second-order valence-corrected chi connectivity index (χ2v) is 8.46. The molecule has 0 N–H and O–H groups in total. The molecule has 4 rings (SSSR count). The van der Waals surface area contributed by atoms with Gasteiger partial charge in [-0.2, -0.15) is 0 Å². The van der Waals surface area contributed by atoms with Crippen molar-refractivity contribution < 1.29 is 14.3 Å². The summed E-state index contributed by atoms with van der Waals surface area (Å²) >= 11 is 0. The van der Waals surface area contributed by atoms with Crippen LogP contribution in [0.15, 0.2) is 83.8 Å². The standard InChI is InChI=1S/C29H31N3O4/c1-35-26-14-13-24(22-27(26)36-2)21-25(32-16-7-6-12-28(32)33)29(34)31-19-17-30(18-20-31)15-8-11-23-9-4-3-5-10-23/h3-14,16,21-22H,15,17-20H2,1-2H3/b11-8+,25-21+. The third-order valence-corrected chi connectivity index (χ3v) is 6.15. The molecule has 0 aliphatic carbocycles. The van der Waals surface area contributed by atoms with E-state index in [1.165, 1.54) is 16.2 Å². The molecule has 0 spiro atoms. The predicted molar refractivity (Wildman–Crippen MR) is 143 cm³/mol. The van der Waals surface area contributed by atoms with Crippen LogP contribution in [-0.4, -0.2) is 67.2 Å². The minimum atomic E-state index is -0.262. The number of pyridine rings is 1. The van der Waals surface area contributed by atoms with Crippen molar-refractivity contribution in [2.24, 2.45) is 0 Å². The highest BCUT2D eigenvalue weighted by atomic mass is 16.5. The minimum Gasteiger partial charge on any atom is -0.493 e. The van der Waals surface area contributed by atoms with Gasteiger partial charge in [-0.1, -0.05) is 54.6 Å². The van der Waals surface area contributed by atoms with Crippen LogP contribution in [0.3, 0.4) is 0 Å². The summed E-state index contributed by atoms with van der Waals surface area (Å²) in [6.45, 7) is 3.52. The Balaban J connectivity index is 1.51. The zero-order valence-corrected chi connectivity index (χ0v) is 20.7. The fourth-order valence-electron chi connectivity index (χ4n) is 4.16. The first-order valence-corrected chi connectivity index (χ1v) is 11.9. The molecule has 2 heterocycles. The van der Waals surface area contributed by atoms with Gasteiger partial charge < -0.3 is 14.4 Å². The Morgan fingerprint density at radius 2 is 1.58 bits per heavy atom.